The molecule has 0 N–H and O–H groups in total. The molecule has 0 fully saturated rings. The summed E-state index contributed by atoms with van der Waals surface area (Å²) in [7, 11) is 3.21. The average molecular weight is 327 g/mol. The molecule has 2 aromatic carbocycles. The highest BCUT2D eigenvalue weighted by Crippen LogP contribution is 2.29. The molecule has 0 spiro atoms. The Hall–Kier alpha value is -2.37. The molecule has 118 valence electrons. The van der Waals surface area contributed by atoms with Crippen molar-refractivity contribution >= 4 is 33.7 Å². The third kappa shape index (κ3) is 3.70. The van der Waals surface area contributed by atoms with Gasteiger partial charge in [0.2, 0.25) is 0 Å². The van der Waals surface area contributed by atoms with Crippen LogP contribution in [0, 0.1) is 0 Å². The largest absolute Gasteiger partial charge is 0.493 e. The summed E-state index contributed by atoms with van der Waals surface area (Å²) in [6, 6.07) is 13.9. The van der Waals surface area contributed by atoms with Crippen LogP contribution in [0.2, 0.25) is 0 Å². The summed E-state index contributed by atoms with van der Waals surface area (Å²) < 4.78 is 16.9. The van der Waals surface area contributed by atoms with Gasteiger partial charge in [-0.2, -0.15) is 0 Å². The highest BCUT2D eigenvalue weighted by molar-refractivity contribution is 7.19. The van der Waals surface area contributed by atoms with E-state index in [1.807, 2.05) is 48.6 Å². The number of fused-ring (bicyclic) bond motifs is 1. The van der Waals surface area contributed by atoms with E-state index in [-0.39, 0.29) is 6.79 Å². The topological polar surface area (TPSA) is 40.6 Å². The van der Waals surface area contributed by atoms with Gasteiger partial charge in [0.05, 0.1) is 17.3 Å². The van der Waals surface area contributed by atoms with Crippen LogP contribution in [0.1, 0.15) is 10.6 Å². The zero-order valence-corrected chi connectivity index (χ0v) is 13.8. The maximum absolute atomic E-state index is 5.45. The lowest BCUT2D eigenvalue weighted by Gasteiger charge is -2.10. The quantitative estimate of drug-likeness (QED) is 0.627. The number of hydrogen-bond donors (Lipinski definition) is 0. The summed E-state index contributed by atoms with van der Waals surface area (Å²) in [6.45, 7) is 0.192. The van der Waals surface area contributed by atoms with E-state index < -0.39 is 0 Å². The second kappa shape index (κ2) is 7.26. The molecule has 4 nitrogen and oxygen atoms in total. The van der Waals surface area contributed by atoms with Crippen LogP contribution in [0.25, 0.3) is 22.4 Å². The number of benzene rings is 2. The summed E-state index contributed by atoms with van der Waals surface area (Å²) in [5, 5.41) is 0.977. The van der Waals surface area contributed by atoms with Crippen molar-refractivity contribution in [2.75, 3.05) is 21.0 Å². The third-order valence-electron chi connectivity index (χ3n) is 3.25. The molecule has 0 aliphatic heterocycles. The van der Waals surface area contributed by atoms with E-state index in [2.05, 4.69) is 11.1 Å². The Morgan fingerprint density at radius 1 is 1.04 bits per heavy atom. The number of hydrogen-bond acceptors (Lipinski definition) is 5. The van der Waals surface area contributed by atoms with E-state index in [0.29, 0.717) is 11.5 Å². The number of methoxy groups -OCH3 is 2. The number of thiazole rings is 1. The van der Waals surface area contributed by atoms with Crippen LogP contribution >= 0.6 is 11.3 Å². The molecule has 0 aliphatic carbocycles. The van der Waals surface area contributed by atoms with Crippen molar-refractivity contribution in [1.82, 2.24) is 4.98 Å². The van der Waals surface area contributed by atoms with Crippen LogP contribution in [0.4, 0.5) is 0 Å². The third-order valence-corrected chi connectivity index (χ3v) is 4.25. The molecular formula is C18H17NO3S. The van der Waals surface area contributed by atoms with Crippen molar-refractivity contribution in [2.24, 2.45) is 0 Å². The minimum absolute atomic E-state index is 0.192. The van der Waals surface area contributed by atoms with Crippen LogP contribution in [0.15, 0.2) is 42.5 Å². The average Bonchev–Trinajstić information content (AvgIpc) is 3.01. The summed E-state index contributed by atoms with van der Waals surface area (Å²) >= 11 is 1.67. The lowest BCUT2D eigenvalue weighted by atomic mass is 10.2. The molecule has 0 radical (unpaired) electrons. The molecule has 0 saturated carbocycles. The number of para-hydroxylation sites is 1. The fraction of sp³-hybridized carbons (Fsp3) is 0.167. The standard InChI is InChI=1S/C18H17NO3S/c1-20-12-22-15-9-7-13(11-16(15)21-2)8-10-18-19-14-5-3-4-6-17(14)23-18/h3-11H,12H2,1-2H3. The molecule has 0 unspecified atom stereocenters. The van der Waals surface area contributed by atoms with E-state index >= 15 is 0 Å². The van der Waals surface area contributed by atoms with Gasteiger partial charge >= 0.3 is 0 Å². The fourth-order valence-corrected chi connectivity index (χ4v) is 3.03. The van der Waals surface area contributed by atoms with Crippen LogP contribution in [-0.4, -0.2) is 26.0 Å². The van der Waals surface area contributed by atoms with Gasteiger partial charge in [0.25, 0.3) is 0 Å². The Kier molecular flexibility index (Phi) is 4.90. The predicted molar refractivity (Wildman–Crippen MR) is 94.0 cm³/mol. The second-order valence-corrected chi connectivity index (χ2v) is 5.88. The van der Waals surface area contributed by atoms with E-state index in [1.54, 1.807) is 25.6 Å². The van der Waals surface area contributed by atoms with Crippen LogP contribution in [-0.2, 0) is 4.74 Å². The van der Waals surface area contributed by atoms with E-state index in [9.17, 15) is 0 Å². The number of nitrogens with zero attached hydrogens (tertiary/aromatic N) is 1. The van der Waals surface area contributed by atoms with Gasteiger partial charge in [-0.1, -0.05) is 24.3 Å². The van der Waals surface area contributed by atoms with Crippen molar-refractivity contribution in [1.29, 1.82) is 0 Å². The molecule has 23 heavy (non-hydrogen) atoms. The molecule has 0 saturated heterocycles. The highest BCUT2D eigenvalue weighted by Gasteiger charge is 2.05. The van der Waals surface area contributed by atoms with Gasteiger partial charge in [0.1, 0.15) is 5.01 Å². The first-order chi connectivity index (χ1) is 11.3. The molecule has 3 aromatic rings. The van der Waals surface area contributed by atoms with Gasteiger partial charge in [-0.15, -0.1) is 11.3 Å². The van der Waals surface area contributed by atoms with Crippen LogP contribution in [0.5, 0.6) is 11.5 Å². The van der Waals surface area contributed by atoms with Crippen molar-refractivity contribution in [3.8, 4) is 11.5 Å². The first kappa shape index (κ1) is 15.5. The molecule has 0 amide bonds. The summed E-state index contributed by atoms with van der Waals surface area (Å²) in [4.78, 5) is 4.59. The highest BCUT2D eigenvalue weighted by atomic mass is 32.1. The maximum Gasteiger partial charge on any atom is 0.188 e. The Balaban J connectivity index is 1.81. The number of rotatable bonds is 6. The smallest absolute Gasteiger partial charge is 0.188 e. The lowest BCUT2D eigenvalue weighted by molar-refractivity contribution is 0.0491. The van der Waals surface area contributed by atoms with Gasteiger partial charge in [-0.25, -0.2) is 4.98 Å². The molecule has 0 bridgehead atoms. The SMILES string of the molecule is COCOc1ccc(C=Cc2nc3ccccc3s2)cc1OC. The molecule has 5 heteroatoms. The first-order valence-corrected chi connectivity index (χ1v) is 7.95. The lowest BCUT2D eigenvalue weighted by Crippen LogP contribution is -2.00. The van der Waals surface area contributed by atoms with Crippen LogP contribution in [0.3, 0.4) is 0 Å². The molecular weight excluding hydrogens is 310 g/mol. The van der Waals surface area contributed by atoms with Gasteiger partial charge < -0.3 is 14.2 Å². The normalized spacial score (nSPS) is 11.2. The number of aromatic nitrogens is 1. The van der Waals surface area contributed by atoms with Gasteiger partial charge in [0, 0.05) is 7.11 Å². The van der Waals surface area contributed by atoms with E-state index in [0.717, 1.165) is 16.1 Å². The second-order valence-electron chi connectivity index (χ2n) is 4.81. The van der Waals surface area contributed by atoms with Gasteiger partial charge in [-0.3, -0.25) is 0 Å². The monoisotopic (exact) mass is 327 g/mol. The molecule has 1 heterocycles. The van der Waals surface area contributed by atoms with Crippen molar-refractivity contribution in [3.63, 3.8) is 0 Å². The molecule has 1 aromatic heterocycles. The predicted octanol–water partition coefficient (Wildman–Crippen LogP) is 4.46. The summed E-state index contributed by atoms with van der Waals surface area (Å²) in [5.41, 5.74) is 2.05. The Morgan fingerprint density at radius 3 is 2.70 bits per heavy atom. The van der Waals surface area contributed by atoms with Crippen LogP contribution < -0.4 is 9.47 Å². The zero-order chi connectivity index (χ0) is 16.1. The first-order valence-electron chi connectivity index (χ1n) is 7.13. The minimum Gasteiger partial charge on any atom is -0.493 e. The summed E-state index contributed by atoms with van der Waals surface area (Å²) in [5.74, 6) is 1.33. The maximum atomic E-state index is 5.45. The Morgan fingerprint density at radius 2 is 1.91 bits per heavy atom. The van der Waals surface area contributed by atoms with Crippen molar-refractivity contribution in [3.05, 3.63) is 53.0 Å². The summed E-state index contributed by atoms with van der Waals surface area (Å²) in [6.07, 6.45) is 4.02. The zero-order valence-electron chi connectivity index (χ0n) is 13.0. The molecule has 0 atom stereocenters. The Bertz CT molecular complexity index is 793. The molecule has 0 aliphatic rings. The number of ether oxygens (including phenoxy) is 3. The van der Waals surface area contributed by atoms with Crippen molar-refractivity contribution in [2.45, 2.75) is 0 Å². The van der Waals surface area contributed by atoms with Gasteiger partial charge in [0.15, 0.2) is 18.3 Å². The fourth-order valence-electron chi connectivity index (χ4n) is 2.16. The minimum atomic E-state index is 0.192. The van der Waals surface area contributed by atoms with Crippen molar-refractivity contribution < 1.29 is 14.2 Å². The van der Waals surface area contributed by atoms with E-state index in [1.165, 1.54) is 4.70 Å². The van der Waals surface area contributed by atoms with E-state index in [4.69, 9.17) is 14.2 Å². The van der Waals surface area contributed by atoms with Gasteiger partial charge in [-0.05, 0) is 35.9 Å². The molecule has 3 rings (SSSR count). The Labute approximate surface area is 139 Å².